The maximum Gasteiger partial charge on any atom is 0.252 e. The number of nitrogens with two attached hydrogens (primary N) is 2. The van der Waals surface area contributed by atoms with Gasteiger partial charge < -0.3 is 16.2 Å². The quantitative estimate of drug-likeness (QED) is 0.720. The van der Waals surface area contributed by atoms with Crippen molar-refractivity contribution >= 4 is 21.8 Å². The van der Waals surface area contributed by atoms with Crippen molar-refractivity contribution in [2.24, 2.45) is 17.4 Å². The largest absolute Gasteiger partial charge is 0.493 e. The molecule has 0 radical (unpaired) electrons. The molecular weight excluding hydrogens is 346 g/mol. The van der Waals surface area contributed by atoms with Gasteiger partial charge in [-0.2, -0.15) is 4.31 Å². The highest BCUT2D eigenvalue weighted by Gasteiger charge is 2.32. The molecule has 0 unspecified atom stereocenters. The molecule has 1 aromatic rings. The summed E-state index contributed by atoms with van der Waals surface area (Å²) in [6, 6.07) is 4.08. The molecule has 1 saturated heterocycles. The van der Waals surface area contributed by atoms with Gasteiger partial charge in [-0.1, -0.05) is 6.92 Å². The lowest BCUT2D eigenvalue weighted by Gasteiger charge is -2.29. The Hall–Kier alpha value is -2.13. The van der Waals surface area contributed by atoms with Crippen LogP contribution in [0.5, 0.6) is 5.75 Å². The summed E-state index contributed by atoms with van der Waals surface area (Å²) in [5.74, 6) is -1.21. The molecule has 0 aromatic heterocycles. The van der Waals surface area contributed by atoms with Crippen LogP contribution in [0.2, 0.25) is 0 Å². The third-order valence-electron chi connectivity index (χ3n) is 4.17. The highest BCUT2D eigenvalue weighted by atomic mass is 32.2. The SMILES string of the molecule is CCCOc1ccc(S(=O)(=O)N2CCC(C(N)=O)CC2)cc1C(N)=O. The number of carbonyl (C=O) groups is 2. The molecule has 1 aromatic carbocycles. The number of benzene rings is 1. The zero-order chi connectivity index (χ0) is 18.6. The minimum Gasteiger partial charge on any atom is -0.493 e. The predicted octanol–water partition coefficient (Wildman–Crippen LogP) is 0.460. The van der Waals surface area contributed by atoms with Gasteiger partial charge in [-0.15, -0.1) is 0 Å². The van der Waals surface area contributed by atoms with Gasteiger partial charge in [0.1, 0.15) is 5.75 Å². The van der Waals surface area contributed by atoms with Gasteiger partial charge >= 0.3 is 0 Å². The lowest BCUT2D eigenvalue weighted by Crippen LogP contribution is -2.41. The van der Waals surface area contributed by atoms with Crippen LogP contribution < -0.4 is 16.2 Å². The van der Waals surface area contributed by atoms with Crippen LogP contribution in [0.15, 0.2) is 23.1 Å². The first-order chi connectivity index (χ1) is 11.8. The van der Waals surface area contributed by atoms with Crippen molar-refractivity contribution in [3.8, 4) is 5.75 Å². The number of hydrogen-bond acceptors (Lipinski definition) is 5. The summed E-state index contributed by atoms with van der Waals surface area (Å²) >= 11 is 0. The molecular formula is C16H23N3O5S. The van der Waals surface area contributed by atoms with Crippen molar-refractivity contribution in [1.82, 2.24) is 4.31 Å². The number of sulfonamides is 1. The van der Waals surface area contributed by atoms with Crippen molar-refractivity contribution < 1.29 is 22.7 Å². The number of ether oxygens (including phenoxy) is 1. The molecule has 0 bridgehead atoms. The van der Waals surface area contributed by atoms with Crippen LogP contribution in [0, 0.1) is 5.92 Å². The van der Waals surface area contributed by atoms with E-state index in [1.165, 1.54) is 22.5 Å². The fourth-order valence-electron chi connectivity index (χ4n) is 2.73. The fourth-order valence-corrected chi connectivity index (χ4v) is 4.23. The number of hydrogen-bond donors (Lipinski definition) is 2. The van der Waals surface area contributed by atoms with Gasteiger partial charge in [0.05, 0.1) is 17.1 Å². The van der Waals surface area contributed by atoms with Crippen molar-refractivity contribution in [3.63, 3.8) is 0 Å². The fraction of sp³-hybridized carbons (Fsp3) is 0.500. The molecule has 0 saturated carbocycles. The lowest BCUT2D eigenvalue weighted by molar-refractivity contribution is -0.122. The topological polar surface area (TPSA) is 133 Å². The standard InChI is InChI=1S/C16H23N3O5S/c1-2-9-24-14-4-3-12(10-13(14)16(18)21)25(22,23)19-7-5-11(6-8-19)15(17)20/h3-4,10-11H,2,5-9H2,1H3,(H2,17,20)(H2,18,21). The second-order valence-corrected chi connectivity index (χ2v) is 7.89. The minimum atomic E-state index is -3.79. The third kappa shape index (κ3) is 4.29. The monoisotopic (exact) mass is 369 g/mol. The van der Waals surface area contributed by atoms with Crippen LogP contribution in [-0.4, -0.2) is 44.2 Å². The van der Waals surface area contributed by atoms with Crippen LogP contribution in [0.4, 0.5) is 0 Å². The van der Waals surface area contributed by atoms with E-state index in [9.17, 15) is 18.0 Å². The average Bonchev–Trinajstić information content (AvgIpc) is 2.59. The van der Waals surface area contributed by atoms with E-state index in [1.807, 2.05) is 6.92 Å². The van der Waals surface area contributed by atoms with E-state index in [0.29, 0.717) is 19.4 Å². The third-order valence-corrected chi connectivity index (χ3v) is 6.07. The zero-order valence-corrected chi connectivity index (χ0v) is 14.9. The molecule has 138 valence electrons. The Morgan fingerprint density at radius 1 is 1.24 bits per heavy atom. The van der Waals surface area contributed by atoms with Gasteiger partial charge in [-0.05, 0) is 37.5 Å². The Balaban J connectivity index is 2.26. The Morgan fingerprint density at radius 2 is 1.88 bits per heavy atom. The minimum absolute atomic E-state index is 0.0253. The van der Waals surface area contributed by atoms with Gasteiger partial charge in [0.15, 0.2) is 0 Å². The smallest absolute Gasteiger partial charge is 0.252 e. The van der Waals surface area contributed by atoms with Gasteiger partial charge in [0.2, 0.25) is 15.9 Å². The Labute approximate surface area is 147 Å². The van der Waals surface area contributed by atoms with E-state index in [-0.39, 0.29) is 35.2 Å². The van der Waals surface area contributed by atoms with E-state index >= 15 is 0 Å². The first-order valence-corrected chi connectivity index (χ1v) is 9.57. The molecule has 0 aliphatic carbocycles. The molecule has 2 amide bonds. The van der Waals surface area contributed by atoms with Gasteiger partial charge in [0.25, 0.3) is 5.91 Å². The van der Waals surface area contributed by atoms with Crippen molar-refractivity contribution in [2.75, 3.05) is 19.7 Å². The van der Waals surface area contributed by atoms with Crippen LogP contribution >= 0.6 is 0 Å². The van der Waals surface area contributed by atoms with Crippen LogP contribution in [-0.2, 0) is 14.8 Å². The van der Waals surface area contributed by atoms with Crippen LogP contribution in [0.3, 0.4) is 0 Å². The Morgan fingerprint density at radius 3 is 2.40 bits per heavy atom. The Kier molecular flexibility index (Phi) is 6.02. The summed E-state index contributed by atoms with van der Waals surface area (Å²) in [4.78, 5) is 22.8. The Bertz CT molecular complexity index is 755. The molecule has 1 heterocycles. The first kappa shape index (κ1) is 19.2. The summed E-state index contributed by atoms with van der Waals surface area (Å²) in [6.07, 6.45) is 1.51. The number of carbonyl (C=O) groups excluding carboxylic acids is 2. The van der Waals surface area contributed by atoms with Crippen LogP contribution in [0.25, 0.3) is 0 Å². The summed E-state index contributed by atoms with van der Waals surface area (Å²) in [7, 11) is -3.79. The number of amides is 2. The molecule has 0 spiro atoms. The van der Waals surface area contributed by atoms with Gasteiger partial charge in [-0.3, -0.25) is 9.59 Å². The van der Waals surface area contributed by atoms with Crippen molar-refractivity contribution in [3.05, 3.63) is 23.8 Å². The van der Waals surface area contributed by atoms with E-state index < -0.39 is 21.8 Å². The van der Waals surface area contributed by atoms with E-state index in [4.69, 9.17) is 16.2 Å². The molecule has 1 aliphatic rings. The predicted molar refractivity (Wildman–Crippen MR) is 91.4 cm³/mol. The molecule has 4 N–H and O–H groups in total. The molecule has 8 nitrogen and oxygen atoms in total. The normalized spacial score (nSPS) is 16.5. The summed E-state index contributed by atoms with van der Waals surface area (Å²) in [6.45, 7) is 2.72. The summed E-state index contributed by atoms with van der Waals surface area (Å²) in [5, 5.41) is 0. The van der Waals surface area contributed by atoms with E-state index in [0.717, 1.165) is 6.42 Å². The lowest BCUT2D eigenvalue weighted by atomic mass is 9.98. The number of rotatable bonds is 7. The average molecular weight is 369 g/mol. The first-order valence-electron chi connectivity index (χ1n) is 8.13. The van der Waals surface area contributed by atoms with E-state index in [2.05, 4.69) is 0 Å². The van der Waals surface area contributed by atoms with Gasteiger partial charge in [-0.25, -0.2) is 8.42 Å². The number of piperidine rings is 1. The highest BCUT2D eigenvalue weighted by Crippen LogP contribution is 2.27. The molecule has 25 heavy (non-hydrogen) atoms. The maximum atomic E-state index is 12.8. The highest BCUT2D eigenvalue weighted by molar-refractivity contribution is 7.89. The summed E-state index contributed by atoms with van der Waals surface area (Å²) in [5.41, 5.74) is 10.6. The molecule has 1 aliphatic heterocycles. The maximum absolute atomic E-state index is 12.8. The molecule has 2 rings (SSSR count). The second-order valence-electron chi connectivity index (χ2n) is 5.95. The van der Waals surface area contributed by atoms with E-state index in [1.54, 1.807) is 0 Å². The van der Waals surface area contributed by atoms with Crippen LogP contribution in [0.1, 0.15) is 36.5 Å². The van der Waals surface area contributed by atoms with Crippen molar-refractivity contribution in [1.29, 1.82) is 0 Å². The zero-order valence-electron chi connectivity index (χ0n) is 14.1. The van der Waals surface area contributed by atoms with Crippen molar-refractivity contribution in [2.45, 2.75) is 31.1 Å². The number of nitrogens with zero attached hydrogens (tertiary/aromatic N) is 1. The molecule has 0 atom stereocenters. The second kappa shape index (κ2) is 7.83. The molecule has 9 heteroatoms. The molecule has 1 fully saturated rings. The number of primary amides is 2. The van der Waals surface area contributed by atoms with Gasteiger partial charge in [0, 0.05) is 19.0 Å². The summed E-state index contributed by atoms with van der Waals surface area (Å²) < 4.78 is 32.3.